The fraction of sp³-hybridized carbons (Fsp3) is 0.250. The predicted octanol–water partition coefficient (Wildman–Crippen LogP) is 4.00. The highest BCUT2D eigenvalue weighted by molar-refractivity contribution is 7.79. The Hall–Kier alpha value is -0.870. The van der Waals surface area contributed by atoms with Crippen molar-refractivity contribution in [2.24, 2.45) is 0 Å². The van der Waals surface area contributed by atoms with Gasteiger partial charge in [0.05, 0.1) is 5.69 Å². The second kappa shape index (κ2) is 4.55. The van der Waals surface area contributed by atoms with E-state index in [1.807, 2.05) is 13.0 Å². The number of hydrogen-bond acceptors (Lipinski definition) is 3. The summed E-state index contributed by atoms with van der Waals surface area (Å²) < 4.78 is 13.1. The van der Waals surface area contributed by atoms with Gasteiger partial charge in [0.1, 0.15) is 10.8 Å². The van der Waals surface area contributed by atoms with Gasteiger partial charge in [-0.05, 0) is 37.6 Å². The lowest BCUT2D eigenvalue weighted by atomic mass is 10.1. The first kappa shape index (κ1) is 11.6. The lowest BCUT2D eigenvalue weighted by molar-refractivity contribution is 0.619. The largest absolute Gasteiger partial charge is 0.241 e. The predicted molar refractivity (Wildman–Crippen MR) is 69.7 cm³/mol. The molecule has 1 aromatic heterocycles. The van der Waals surface area contributed by atoms with Gasteiger partial charge in [-0.2, -0.15) is 12.6 Å². The van der Waals surface area contributed by atoms with Crippen molar-refractivity contribution in [3.63, 3.8) is 0 Å². The fourth-order valence-corrected chi connectivity index (χ4v) is 2.82. The number of nitrogens with zero attached hydrogens (tertiary/aromatic N) is 1. The van der Waals surface area contributed by atoms with Crippen LogP contribution in [0.5, 0.6) is 0 Å². The average molecular weight is 253 g/mol. The van der Waals surface area contributed by atoms with Crippen molar-refractivity contribution < 1.29 is 4.39 Å². The maximum Gasteiger partial charge on any atom is 0.126 e. The highest BCUT2D eigenvalue weighted by Crippen LogP contribution is 2.29. The Kier molecular flexibility index (Phi) is 3.30. The number of rotatable bonds is 2. The van der Waals surface area contributed by atoms with Crippen molar-refractivity contribution in [1.82, 2.24) is 4.98 Å². The van der Waals surface area contributed by atoms with Crippen molar-refractivity contribution in [1.29, 1.82) is 0 Å². The van der Waals surface area contributed by atoms with Gasteiger partial charge in [0, 0.05) is 16.2 Å². The minimum atomic E-state index is -0.175. The molecule has 2 aromatic rings. The molecule has 4 heteroatoms. The van der Waals surface area contributed by atoms with Crippen molar-refractivity contribution in [3.8, 4) is 10.6 Å². The molecule has 84 valence electrons. The zero-order valence-electron chi connectivity index (χ0n) is 9.12. The second-order valence-corrected chi connectivity index (χ2v) is 5.05. The molecular weight excluding hydrogens is 241 g/mol. The number of thiol groups is 1. The summed E-state index contributed by atoms with van der Waals surface area (Å²) in [7, 11) is 0. The van der Waals surface area contributed by atoms with Gasteiger partial charge in [-0.15, -0.1) is 11.3 Å². The minimum Gasteiger partial charge on any atom is -0.241 e. The SMILES string of the molecule is Cc1cc(-c2nc(C)c(CS)s2)ccc1F. The molecule has 0 bridgehead atoms. The van der Waals surface area contributed by atoms with Gasteiger partial charge in [0.2, 0.25) is 0 Å². The zero-order valence-corrected chi connectivity index (χ0v) is 10.8. The number of aromatic nitrogens is 1. The lowest BCUT2D eigenvalue weighted by Gasteiger charge is -1.99. The van der Waals surface area contributed by atoms with E-state index in [1.165, 1.54) is 10.9 Å². The first-order chi connectivity index (χ1) is 7.61. The number of thiazole rings is 1. The van der Waals surface area contributed by atoms with Crippen molar-refractivity contribution in [3.05, 3.63) is 40.2 Å². The molecule has 0 aliphatic rings. The summed E-state index contributed by atoms with van der Waals surface area (Å²) in [6, 6.07) is 5.08. The standard InChI is InChI=1S/C12H12FNS2/c1-7-5-9(3-4-10(7)13)12-14-8(2)11(6-15)16-12/h3-5,15H,6H2,1-2H3. The summed E-state index contributed by atoms with van der Waals surface area (Å²) in [5.41, 5.74) is 2.63. The average Bonchev–Trinajstić information content (AvgIpc) is 2.64. The van der Waals surface area contributed by atoms with Crippen LogP contribution >= 0.6 is 24.0 Å². The van der Waals surface area contributed by atoms with Gasteiger partial charge < -0.3 is 0 Å². The maximum absolute atomic E-state index is 13.1. The van der Waals surface area contributed by atoms with E-state index in [9.17, 15) is 4.39 Å². The third-order valence-corrected chi connectivity index (χ3v) is 4.18. The molecule has 0 saturated carbocycles. The van der Waals surface area contributed by atoms with E-state index in [-0.39, 0.29) is 5.82 Å². The van der Waals surface area contributed by atoms with Crippen LogP contribution in [-0.4, -0.2) is 4.98 Å². The number of hydrogen-bond donors (Lipinski definition) is 1. The Labute approximate surface area is 104 Å². The maximum atomic E-state index is 13.1. The van der Waals surface area contributed by atoms with E-state index in [2.05, 4.69) is 17.6 Å². The Morgan fingerprint density at radius 1 is 1.38 bits per heavy atom. The first-order valence-corrected chi connectivity index (χ1v) is 6.40. The van der Waals surface area contributed by atoms with Crippen LogP contribution in [0.3, 0.4) is 0 Å². The minimum absolute atomic E-state index is 0.175. The van der Waals surface area contributed by atoms with Crippen LogP contribution in [0.25, 0.3) is 10.6 Å². The molecule has 0 saturated heterocycles. The smallest absolute Gasteiger partial charge is 0.126 e. The Morgan fingerprint density at radius 3 is 2.69 bits per heavy atom. The fourth-order valence-electron chi connectivity index (χ4n) is 1.48. The molecule has 1 nitrogen and oxygen atoms in total. The van der Waals surface area contributed by atoms with Gasteiger partial charge in [0.25, 0.3) is 0 Å². The summed E-state index contributed by atoms with van der Waals surface area (Å²) in [5.74, 6) is 0.524. The topological polar surface area (TPSA) is 12.9 Å². The van der Waals surface area contributed by atoms with E-state index in [0.717, 1.165) is 16.3 Å². The molecule has 0 N–H and O–H groups in total. The van der Waals surface area contributed by atoms with E-state index in [1.54, 1.807) is 24.3 Å². The van der Waals surface area contributed by atoms with Crippen molar-refractivity contribution in [2.75, 3.05) is 0 Å². The van der Waals surface area contributed by atoms with Gasteiger partial charge in [-0.1, -0.05) is 0 Å². The lowest BCUT2D eigenvalue weighted by Crippen LogP contribution is -1.83. The quantitative estimate of drug-likeness (QED) is 0.798. The molecule has 0 aliphatic heterocycles. The Bertz CT molecular complexity index is 520. The van der Waals surface area contributed by atoms with E-state index < -0.39 is 0 Å². The summed E-state index contributed by atoms with van der Waals surface area (Å²) in [4.78, 5) is 5.64. The van der Waals surface area contributed by atoms with Gasteiger partial charge in [-0.3, -0.25) is 0 Å². The molecule has 16 heavy (non-hydrogen) atoms. The molecular formula is C12H12FNS2. The van der Waals surface area contributed by atoms with E-state index in [4.69, 9.17) is 0 Å². The molecule has 2 rings (SSSR count). The third kappa shape index (κ3) is 2.13. The molecule has 0 amide bonds. The van der Waals surface area contributed by atoms with Gasteiger partial charge in [-0.25, -0.2) is 9.37 Å². The van der Waals surface area contributed by atoms with Crippen LogP contribution in [0, 0.1) is 19.7 Å². The van der Waals surface area contributed by atoms with Crippen LogP contribution in [0.2, 0.25) is 0 Å². The number of aryl methyl sites for hydroxylation is 2. The zero-order chi connectivity index (χ0) is 11.7. The van der Waals surface area contributed by atoms with Crippen LogP contribution in [-0.2, 0) is 5.75 Å². The Balaban J connectivity index is 2.46. The Morgan fingerprint density at radius 2 is 2.12 bits per heavy atom. The van der Waals surface area contributed by atoms with Crippen LogP contribution in [0.15, 0.2) is 18.2 Å². The molecule has 0 atom stereocenters. The van der Waals surface area contributed by atoms with Crippen LogP contribution in [0.1, 0.15) is 16.1 Å². The van der Waals surface area contributed by atoms with E-state index >= 15 is 0 Å². The highest BCUT2D eigenvalue weighted by atomic mass is 32.1. The summed E-state index contributed by atoms with van der Waals surface area (Å²) in [6.07, 6.45) is 0. The molecule has 1 heterocycles. The van der Waals surface area contributed by atoms with Crippen molar-refractivity contribution in [2.45, 2.75) is 19.6 Å². The second-order valence-electron chi connectivity index (χ2n) is 3.65. The third-order valence-electron chi connectivity index (χ3n) is 2.44. The summed E-state index contributed by atoms with van der Waals surface area (Å²) in [5, 5.41) is 0.935. The van der Waals surface area contributed by atoms with E-state index in [0.29, 0.717) is 11.3 Å². The molecule has 0 unspecified atom stereocenters. The molecule has 0 radical (unpaired) electrons. The first-order valence-electron chi connectivity index (χ1n) is 4.95. The molecule has 0 spiro atoms. The summed E-state index contributed by atoms with van der Waals surface area (Å²) in [6.45, 7) is 3.74. The number of halogens is 1. The highest BCUT2D eigenvalue weighted by Gasteiger charge is 2.09. The number of benzene rings is 1. The van der Waals surface area contributed by atoms with Crippen LogP contribution < -0.4 is 0 Å². The van der Waals surface area contributed by atoms with Gasteiger partial charge >= 0.3 is 0 Å². The molecule has 0 aliphatic carbocycles. The summed E-state index contributed by atoms with van der Waals surface area (Å²) >= 11 is 5.87. The van der Waals surface area contributed by atoms with Crippen LogP contribution in [0.4, 0.5) is 4.39 Å². The monoisotopic (exact) mass is 253 g/mol. The normalized spacial score (nSPS) is 10.8. The molecule has 0 fully saturated rings. The van der Waals surface area contributed by atoms with Crippen molar-refractivity contribution >= 4 is 24.0 Å². The molecule has 1 aromatic carbocycles. The van der Waals surface area contributed by atoms with Gasteiger partial charge in [0.15, 0.2) is 0 Å².